The van der Waals surface area contributed by atoms with Crippen LogP contribution < -0.4 is 0 Å². The molecule has 0 radical (unpaired) electrons. The van der Waals surface area contributed by atoms with Crippen molar-refractivity contribution in [2.75, 3.05) is 0 Å². The molecule has 1 aromatic carbocycles. The Morgan fingerprint density at radius 2 is 1.86 bits per heavy atom. The lowest BCUT2D eigenvalue weighted by molar-refractivity contribution is 0.0793. The van der Waals surface area contributed by atoms with E-state index in [-0.39, 0.29) is 11.2 Å². The van der Waals surface area contributed by atoms with Gasteiger partial charge in [-0.1, -0.05) is 39.3 Å². The summed E-state index contributed by atoms with van der Waals surface area (Å²) in [7, 11) is 0. The van der Waals surface area contributed by atoms with Gasteiger partial charge in [0.25, 0.3) is 0 Å². The Kier molecular flexibility index (Phi) is 5.75. The predicted molar refractivity (Wildman–Crippen MR) is 90.7 cm³/mol. The molecule has 0 spiro atoms. The summed E-state index contributed by atoms with van der Waals surface area (Å²) in [6, 6.07) is 5.42. The highest BCUT2D eigenvalue weighted by Gasteiger charge is 2.34. The van der Waals surface area contributed by atoms with E-state index in [9.17, 15) is 4.79 Å². The van der Waals surface area contributed by atoms with Crippen molar-refractivity contribution in [3.8, 4) is 0 Å². The minimum absolute atomic E-state index is 0.106. The van der Waals surface area contributed by atoms with Gasteiger partial charge in [-0.3, -0.25) is 4.79 Å². The summed E-state index contributed by atoms with van der Waals surface area (Å²) in [5.41, 5.74) is 1.26. The zero-order valence-electron chi connectivity index (χ0n) is 13.7. The monoisotopic (exact) mass is 307 g/mol. The Hall–Kier alpha value is -1.15. The van der Waals surface area contributed by atoms with E-state index in [1.54, 1.807) is 12.1 Å². The summed E-state index contributed by atoms with van der Waals surface area (Å²) in [5, 5.41) is 8.10. The number of hydrogen-bond donors (Lipinski definition) is 1. The van der Waals surface area contributed by atoms with Crippen molar-refractivity contribution in [3.05, 3.63) is 34.3 Å². The first-order valence-corrected chi connectivity index (χ1v) is 7.77. The van der Waals surface area contributed by atoms with Crippen LogP contribution in [0.2, 0.25) is 5.02 Å². The van der Waals surface area contributed by atoms with Crippen LogP contribution in [0.25, 0.3) is 0 Å². The molecule has 1 atom stereocenters. The van der Waals surface area contributed by atoms with Gasteiger partial charge in [-0.05, 0) is 61.6 Å². The van der Waals surface area contributed by atoms with Crippen LogP contribution in [0.15, 0.2) is 18.2 Å². The number of nitrogens with one attached hydrogen (secondary N) is 1. The van der Waals surface area contributed by atoms with E-state index in [1.165, 1.54) is 6.21 Å². The lowest BCUT2D eigenvalue weighted by atomic mass is 9.72. The Bertz CT molecular complexity index is 531. The molecule has 2 nitrogen and oxygen atoms in total. The SMILES string of the molecule is Cc1cc(C(=O)C(C)(CC=N)CCC(C)(C)C)ccc1Cl. The Morgan fingerprint density at radius 3 is 2.33 bits per heavy atom. The molecule has 0 aliphatic rings. The van der Waals surface area contributed by atoms with Crippen LogP contribution in [0.1, 0.15) is 62.9 Å². The molecule has 0 aliphatic heterocycles. The number of hydrogen-bond acceptors (Lipinski definition) is 2. The number of aryl methyl sites for hydroxylation is 1. The fraction of sp³-hybridized carbons (Fsp3) is 0.556. The molecule has 0 bridgehead atoms. The maximum absolute atomic E-state index is 12.9. The number of ketones is 1. The first-order valence-electron chi connectivity index (χ1n) is 7.39. The summed E-state index contributed by atoms with van der Waals surface area (Å²) >= 11 is 6.03. The summed E-state index contributed by atoms with van der Waals surface area (Å²) < 4.78 is 0. The molecule has 0 aromatic heterocycles. The molecule has 0 fully saturated rings. The summed E-state index contributed by atoms with van der Waals surface area (Å²) in [6.45, 7) is 10.4. The molecular formula is C18H26ClNO. The number of halogens is 1. The third-order valence-corrected chi connectivity index (χ3v) is 4.37. The van der Waals surface area contributed by atoms with Crippen molar-refractivity contribution in [2.24, 2.45) is 10.8 Å². The molecule has 0 saturated heterocycles. The molecular weight excluding hydrogens is 282 g/mol. The highest BCUT2D eigenvalue weighted by atomic mass is 35.5. The standard InChI is InChI=1S/C18H26ClNO/c1-13-12-14(6-7-15(13)19)16(21)18(5,10-11-20)9-8-17(2,3)4/h6-7,11-12,20H,8-10H2,1-5H3. The Balaban J connectivity index is 3.05. The summed E-state index contributed by atoms with van der Waals surface area (Å²) in [5.74, 6) is 0.106. The van der Waals surface area contributed by atoms with Gasteiger partial charge in [0, 0.05) is 16.0 Å². The molecule has 0 heterocycles. The quantitative estimate of drug-likeness (QED) is 0.531. The second-order valence-electron chi connectivity index (χ2n) is 7.32. The largest absolute Gasteiger partial charge is 0.313 e. The first kappa shape index (κ1) is 17.9. The maximum Gasteiger partial charge on any atom is 0.169 e. The zero-order chi connectivity index (χ0) is 16.3. The van der Waals surface area contributed by atoms with Crippen molar-refractivity contribution < 1.29 is 4.79 Å². The Labute approximate surface area is 133 Å². The van der Waals surface area contributed by atoms with Gasteiger partial charge in [0.15, 0.2) is 5.78 Å². The predicted octanol–water partition coefficient (Wildman–Crippen LogP) is 5.70. The van der Waals surface area contributed by atoms with Crippen LogP contribution in [-0.2, 0) is 0 Å². The maximum atomic E-state index is 12.9. The molecule has 21 heavy (non-hydrogen) atoms. The van der Waals surface area contributed by atoms with Crippen LogP contribution in [0, 0.1) is 23.2 Å². The van der Waals surface area contributed by atoms with Crippen LogP contribution >= 0.6 is 11.6 Å². The summed E-state index contributed by atoms with van der Waals surface area (Å²) in [4.78, 5) is 12.9. The van der Waals surface area contributed by atoms with Gasteiger partial charge in [-0.25, -0.2) is 0 Å². The molecule has 1 rings (SSSR count). The van der Waals surface area contributed by atoms with Crippen molar-refractivity contribution in [1.82, 2.24) is 0 Å². The highest BCUT2D eigenvalue weighted by Crippen LogP contribution is 2.36. The molecule has 0 amide bonds. The van der Waals surface area contributed by atoms with Gasteiger partial charge in [-0.2, -0.15) is 0 Å². The van der Waals surface area contributed by atoms with E-state index in [1.807, 2.05) is 19.9 Å². The van der Waals surface area contributed by atoms with Crippen LogP contribution in [0.4, 0.5) is 0 Å². The number of carbonyl (C=O) groups excluding carboxylic acids is 1. The molecule has 1 aromatic rings. The van der Waals surface area contributed by atoms with Crippen molar-refractivity contribution in [2.45, 2.75) is 53.9 Å². The highest BCUT2D eigenvalue weighted by molar-refractivity contribution is 6.31. The average molecular weight is 308 g/mol. The second kappa shape index (κ2) is 6.74. The normalized spacial score (nSPS) is 14.6. The topological polar surface area (TPSA) is 40.9 Å². The van der Waals surface area contributed by atoms with E-state index in [4.69, 9.17) is 17.0 Å². The first-order chi connectivity index (χ1) is 9.59. The average Bonchev–Trinajstić information content (AvgIpc) is 2.38. The number of Topliss-reactive ketones (excluding diaryl/α,β-unsaturated/α-hetero) is 1. The van der Waals surface area contributed by atoms with Gasteiger partial charge < -0.3 is 5.41 Å². The van der Waals surface area contributed by atoms with E-state index in [2.05, 4.69) is 20.8 Å². The minimum atomic E-state index is -0.519. The third-order valence-electron chi connectivity index (χ3n) is 3.95. The zero-order valence-corrected chi connectivity index (χ0v) is 14.5. The van der Waals surface area contributed by atoms with Crippen molar-refractivity contribution >= 4 is 23.6 Å². The minimum Gasteiger partial charge on any atom is -0.313 e. The molecule has 0 saturated carbocycles. The molecule has 1 N–H and O–H groups in total. The van der Waals surface area contributed by atoms with Crippen LogP contribution in [0.5, 0.6) is 0 Å². The van der Waals surface area contributed by atoms with E-state index in [0.29, 0.717) is 17.0 Å². The van der Waals surface area contributed by atoms with Crippen LogP contribution in [0.3, 0.4) is 0 Å². The number of carbonyl (C=O) groups is 1. The summed E-state index contributed by atoms with van der Waals surface area (Å²) in [6.07, 6.45) is 3.56. The smallest absolute Gasteiger partial charge is 0.169 e. The van der Waals surface area contributed by atoms with Crippen LogP contribution in [-0.4, -0.2) is 12.0 Å². The fourth-order valence-corrected chi connectivity index (χ4v) is 2.44. The van der Waals surface area contributed by atoms with Gasteiger partial charge in [0.1, 0.15) is 0 Å². The molecule has 0 aliphatic carbocycles. The fourth-order valence-electron chi connectivity index (χ4n) is 2.32. The van der Waals surface area contributed by atoms with E-state index >= 15 is 0 Å². The van der Waals surface area contributed by atoms with Gasteiger partial charge in [0.05, 0.1) is 0 Å². The number of benzene rings is 1. The van der Waals surface area contributed by atoms with E-state index < -0.39 is 5.41 Å². The van der Waals surface area contributed by atoms with Gasteiger partial charge in [-0.15, -0.1) is 0 Å². The lowest BCUT2D eigenvalue weighted by Gasteiger charge is -2.30. The van der Waals surface area contributed by atoms with E-state index in [0.717, 1.165) is 18.4 Å². The Morgan fingerprint density at radius 1 is 1.24 bits per heavy atom. The number of rotatable bonds is 6. The molecule has 116 valence electrons. The van der Waals surface area contributed by atoms with Gasteiger partial charge >= 0.3 is 0 Å². The lowest BCUT2D eigenvalue weighted by Crippen LogP contribution is -2.30. The molecule has 1 unspecified atom stereocenters. The van der Waals surface area contributed by atoms with Crippen molar-refractivity contribution in [1.29, 1.82) is 5.41 Å². The second-order valence-corrected chi connectivity index (χ2v) is 7.73. The third kappa shape index (κ3) is 4.96. The molecule has 3 heteroatoms. The van der Waals surface area contributed by atoms with Crippen molar-refractivity contribution in [3.63, 3.8) is 0 Å². The van der Waals surface area contributed by atoms with Gasteiger partial charge in [0.2, 0.25) is 0 Å².